The summed E-state index contributed by atoms with van der Waals surface area (Å²) in [5.74, 6) is 0.353. The van der Waals surface area contributed by atoms with Gasteiger partial charge in [0.15, 0.2) is 0 Å². The van der Waals surface area contributed by atoms with Crippen LogP contribution in [0.4, 0.5) is 11.4 Å². The number of nitrogens with one attached hydrogen (secondary N) is 1. The van der Waals surface area contributed by atoms with Crippen molar-refractivity contribution in [1.29, 1.82) is 0 Å². The van der Waals surface area contributed by atoms with Crippen molar-refractivity contribution in [3.05, 3.63) is 82.8 Å². The van der Waals surface area contributed by atoms with Crippen molar-refractivity contribution in [1.82, 2.24) is 0 Å². The van der Waals surface area contributed by atoms with Gasteiger partial charge in [-0.25, -0.2) is 8.42 Å². The highest BCUT2D eigenvalue weighted by Gasteiger charge is 2.23. The highest BCUT2D eigenvalue weighted by Crippen LogP contribution is 2.27. The van der Waals surface area contributed by atoms with E-state index in [1.165, 1.54) is 16.4 Å². The Morgan fingerprint density at radius 2 is 1.68 bits per heavy atom. The summed E-state index contributed by atoms with van der Waals surface area (Å²) in [7, 11) is -3.72. The van der Waals surface area contributed by atoms with Crippen LogP contribution in [0.15, 0.2) is 82.2 Å². The Balaban J connectivity index is 1.77. The van der Waals surface area contributed by atoms with Crippen molar-refractivity contribution >= 4 is 43.2 Å². The van der Waals surface area contributed by atoms with E-state index in [9.17, 15) is 13.2 Å². The lowest BCUT2D eigenvalue weighted by Gasteiger charge is -2.23. The van der Waals surface area contributed by atoms with Crippen LogP contribution < -0.4 is 14.4 Å². The molecule has 0 aliphatic heterocycles. The molecule has 0 aliphatic rings. The van der Waals surface area contributed by atoms with E-state index in [-0.39, 0.29) is 10.8 Å². The molecule has 0 saturated carbocycles. The van der Waals surface area contributed by atoms with Gasteiger partial charge in [0, 0.05) is 17.8 Å². The van der Waals surface area contributed by atoms with Gasteiger partial charge >= 0.3 is 0 Å². The first kappa shape index (κ1) is 22.8. The van der Waals surface area contributed by atoms with Crippen molar-refractivity contribution in [3.8, 4) is 5.75 Å². The second kappa shape index (κ2) is 9.98. The van der Waals surface area contributed by atoms with Crippen LogP contribution in [0.25, 0.3) is 0 Å². The Kier molecular flexibility index (Phi) is 7.35. The fraction of sp³-hybridized carbons (Fsp3) is 0.174. The summed E-state index contributed by atoms with van der Waals surface area (Å²) in [6.45, 7) is 4.50. The number of anilines is 2. The fourth-order valence-corrected chi connectivity index (χ4v) is 5.01. The quantitative estimate of drug-likeness (QED) is 0.452. The molecule has 0 spiro atoms. The molecule has 0 heterocycles. The van der Waals surface area contributed by atoms with Gasteiger partial charge in [0.2, 0.25) is 0 Å². The SMILES string of the molecule is CCOc1ccc(C(=O)Nc2ccc(S(=O)(=O)N(CC)c3ccccc3)cc2)cc1Br. The lowest BCUT2D eigenvalue weighted by molar-refractivity contribution is 0.102. The van der Waals surface area contributed by atoms with Gasteiger partial charge in [-0.2, -0.15) is 0 Å². The Labute approximate surface area is 191 Å². The van der Waals surface area contributed by atoms with E-state index in [0.29, 0.717) is 40.3 Å². The molecule has 0 unspecified atom stereocenters. The van der Waals surface area contributed by atoms with Gasteiger partial charge in [-0.3, -0.25) is 9.10 Å². The molecule has 162 valence electrons. The molecule has 0 aliphatic carbocycles. The van der Waals surface area contributed by atoms with Crippen LogP contribution in [0.3, 0.4) is 0 Å². The Bertz CT molecular complexity index is 1150. The zero-order valence-electron chi connectivity index (χ0n) is 17.2. The number of benzene rings is 3. The van der Waals surface area contributed by atoms with Crippen molar-refractivity contribution in [2.45, 2.75) is 18.7 Å². The smallest absolute Gasteiger partial charge is 0.264 e. The first-order valence-electron chi connectivity index (χ1n) is 9.78. The summed E-state index contributed by atoms with van der Waals surface area (Å²) < 4.78 is 33.6. The minimum absolute atomic E-state index is 0.153. The molecular formula is C23H23BrN2O4S. The lowest BCUT2D eigenvalue weighted by Crippen LogP contribution is -2.30. The molecule has 0 fully saturated rings. The zero-order chi connectivity index (χ0) is 22.4. The molecule has 0 aromatic heterocycles. The maximum atomic E-state index is 13.1. The van der Waals surface area contributed by atoms with Crippen LogP contribution in [0, 0.1) is 0 Å². The van der Waals surface area contributed by atoms with Crippen molar-refractivity contribution in [3.63, 3.8) is 0 Å². The van der Waals surface area contributed by atoms with E-state index in [1.54, 1.807) is 61.5 Å². The van der Waals surface area contributed by atoms with E-state index in [0.717, 1.165) is 0 Å². The van der Waals surface area contributed by atoms with Crippen LogP contribution >= 0.6 is 15.9 Å². The Hall–Kier alpha value is -2.84. The maximum Gasteiger partial charge on any atom is 0.264 e. The molecule has 0 bridgehead atoms. The summed E-state index contributed by atoms with van der Waals surface area (Å²) in [6.07, 6.45) is 0. The topological polar surface area (TPSA) is 75.7 Å². The van der Waals surface area contributed by atoms with Crippen LogP contribution in [-0.2, 0) is 10.0 Å². The standard InChI is InChI=1S/C23H23BrN2O4S/c1-3-26(19-8-6-5-7-9-19)31(28,29)20-13-11-18(12-14-20)25-23(27)17-10-15-22(30-4-2)21(24)16-17/h5-16H,3-4H2,1-2H3,(H,25,27). The molecule has 8 heteroatoms. The molecule has 1 N–H and O–H groups in total. The number of para-hydroxylation sites is 1. The third-order valence-corrected chi connectivity index (χ3v) is 7.06. The highest BCUT2D eigenvalue weighted by atomic mass is 79.9. The van der Waals surface area contributed by atoms with Gasteiger partial charge in [0.25, 0.3) is 15.9 Å². The first-order chi connectivity index (χ1) is 14.9. The van der Waals surface area contributed by atoms with E-state index < -0.39 is 10.0 Å². The van der Waals surface area contributed by atoms with Gasteiger partial charge in [0.05, 0.1) is 21.7 Å². The van der Waals surface area contributed by atoms with E-state index in [4.69, 9.17) is 4.74 Å². The van der Waals surface area contributed by atoms with Gasteiger partial charge < -0.3 is 10.1 Å². The normalized spacial score (nSPS) is 11.1. The molecule has 0 saturated heterocycles. The molecule has 1 amide bonds. The van der Waals surface area contributed by atoms with Gasteiger partial charge in [0.1, 0.15) is 5.75 Å². The number of nitrogens with zero attached hydrogens (tertiary/aromatic N) is 1. The predicted molar refractivity (Wildman–Crippen MR) is 126 cm³/mol. The number of sulfonamides is 1. The molecule has 3 rings (SSSR count). The van der Waals surface area contributed by atoms with E-state index in [1.807, 2.05) is 13.0 Å². The fourth-order valence-electron chi connectivity index (χ4n) is 3.04. The minimum atomic E-state index is -3.72. The number of ether oxygens (including phenoxy) is 1. The van der Waals surface area contributed by atoms with E-state index >= 15 is 0 Å². The second-order valence-corrected chi connectivity index (χ2v) is 9.28. The molecule has 31 heavy (non-hydrogen) atoms. The minimum Gasteiger partial charge on any atom is -0.493 e. The molecule has 3 aromatic rings. The van der Waals surface area contributed by atoms with Crippen LogP contribution in [0.1, 0.15) is 24.2 Å². The molecular weight excluding hydrogens is 480 g/mol. The predicted octanol–water partition coefficient (Wildman–Crippen LogP) is 5.32. The maximum absolute atomic E-state index is 13.1. The summed E-state index contributed by atoms with van der Waals surface area (Å²) in [5, 5.41) is 2.78. The summed E-state index contributed by atoms with van der Waals surface area (Å²) in [6, 6.07) is 20.1. The van der Waals surface area contributed by atoms with Gasteiger partial charge in [-0.05, 0) is 84.4 Å². The highest BCUT2D eigenvalue weighted by molar-refractivity contribution is 9.10. The zero-order valence-corrected chi connectivity index (χ0v) is 19.6. The van der Waals surface area contributed by atoms with Gasteiger partial charge in [-0.1, -0.05) is 18.2 Å². The number of carbonyl (C=O) groups is 1. The molecule has 3 aromatic carbocycles. The number of carbonyl (C=O) groups excluding carboxylic acids is 1. The van der Waals surface area contributed by atoms with Crippen LogP contribution in [0.5, 0.6) is 5.75 Å². The summed E-state index contributed by atoms with van der Waals surface area (Å²) in [4.78, 5) is 12.7. The monoisotopic (exact) mass is 502 g/mol. The number of hydrogen-bond acceptors (Lipinski definition) is 4. The lowest BCUT2D eigenvalue weighted by atomic mass is 10.2. The van der Waals surface area contributed by atoms with Crippen LogP contribution in [-0.4, -0.2) is 27.5 Å². The van der Waals surface area contributed by atoms with E-state index in [2.05, 4.69) is 21.2 Å². The Morgan fingerprint density at radius 1 is 1.00 bits per heavy atom. The van der Waals surface area contributed by atoms with Crippen LogP contribution in [0.2, 0.25) is 0 Å². The largest absolute Gasteiger partial charge is 0.493 e. The number of hydrogen-bond donors (Lipinski definition) is 1. The Morgan fingerprint density at radius 3 is 2.26 bits per heavy atom. The van der Waals surface area contributed by atoms with Gasteiger partial charge in [-0.15, -0.1) is 0 Å². The first-order valence-corrected chi connectivity index (χ1v) is 12.0. The van der Waals surface area contributed by atoms with Crippen molar-refractivity contribution in [2.75, 3.05) is 22.8 Å². The summed E-state index contributed by atoms with van der Waals surface area (Å²) >= 11 is 3.40. The molecule has 0 atom stereocenters. The number of halogens is 1. The number of amides is 1. The van der Waals surface area contributed by atoms with Crippen molar-refractivity contribution in [2.24, 2.45) is 0 Å². The third kappa shape index (κ3) is 5.26. The third-order valence-electron chi connectivity index (χ3n) is 4.53. The summed E-state index contributed by atoms with van der Waals surface area (Å²) in [5.41, 5.74) is 1.55. The number of rotatable bonds is 8. The average molecular weight is 503 g/mol. The average Bonchev–Trinajstić information content (AvgIpc) is 2.76. The van der Waals surface area contributed by atoms with Crippen molar-refractivity contribution < 1.29 is 17.9 Å². The second-order valence-electron chi connectivity index (χ2n) is 6.56. The molecule has 0 radical (unpaired) electrons. The molecule has 6 nitrogen and oxygen atoms in total.